The minimum absolute atomic E-state index is 0.356. The summed E-state index contributed by atoms with van der Waals surface area (Å²) in [6, 6.07) is 23.5. The van der Waals surface area contributed by atoms with Crippen LogP contribution in [0.5, 0.6) is 0 Å². The third kappa shape index (κ3) is 3.94. The number of fused-ring (bicyclic) bond motifs is 2. The first kappa shape index (κ1) is 22.2. The molecule has 4 amide bonds. The van der Waals surface area contributed by atoms with E-state index in [1.165, 1.54) is 0 Å². The zero-order chi connectivity index (χ0) is 23.7. The van der Waals surface area contributed by atoms with Crippen molar-refractivity contribution in [1.29, 1.82) is 0 Å². The van der Waals surface area contributed by atoms with Gasteiger partial charge in [0.25, 0.3) is 5.91 Å². The molecular weight excluding hydrogens is 450 g/mol. The van der Waals surface area contributed by atoms with Gasteiger partial charge in [-0.25, -0.2) is 4.79 Å². The fourth-order valence-electron chi connectivity index (χ4n) is 4.97. The molecule has 172 valence electrons. The SMILES string of the molecule is O=C(CN1C(=O)N[C@]2(CCCc3ccccc32)C1=O)N[C@@H](c1ccccc1)c1ccc(Cl)cc1. The van der Waals surface area contributed by atoms with Gasteiger partial charge >= 0.3 is 6.03 Å². The van der Waals surface area contributed by atoms with Crippen molar-refractivity contribution >= 4 is 29.4 Å². The molecule has 2 N–H and O–H groups in total. The first-order valence-corrected chi connectivity index (χ1v) is 11.7. The number of carbonyl (C=O) groups is 3. The van der Waals surface area contributed by atoms with Gasteiger partial charge in [-0.2, -0.15) is 0 Å². The van der Waals surface area contributed by atoms with E-state index < -0.39 is 23.5 Å². The molecular formula is C27H24ClN3O3. The minimum atomic E-state index is -1.10. The summed E-state index contributed by atoms with van der Waals surface area (Å²) in [6.45, 7) is -0.356. The van der Waals surface area contributed by atoms with E-state index in [0.717, 1.165) is 40.0 Å². The van der Waals surface area contributed by atoms with Crippen LogP contribution >= 0.6 is 11.6 Å². The second-order valence-corrected chi connectivity index (χ2v) is 9.14. The molecule has 1 spiro atoms. The number of halogens is 1. The number of aryl methyl sites for hydroxylation is 1. The molecule has 2 aliphatic rings. The standard InChI is InChI=1S/C27H24ClN3O3/c28-21-14-12-20(13-15-21)24(19-8-2-1-3-9-19)29-23(32)17-31-25(33)27(30-26(31)34)16-6-10-18-7-4-5-11-22(18)27/h1-5,7-9,11-15,24H,6,10,16-17H2,(H,29,32)(H,30,34)/t24-,27-/m0/s1. The van der Waals surface area contributed by atoms with Crippen LogP contribution in [0.25, 0.3) is 0 Å². The van der Waals surface area contributed by atoms with Crippen LogP contribution in [-0.2, 0) is 21.5 Å². The fourth-order valence-corrected chi connectivity index (χ4v) is 5.09. The molecule has 1 saturated heterocycles. The Kier molecular flexibility index (Phi) is 5.84. The van der Waals surface area contributed by atoms with Gasteiger partial charge < -0.3 is 10.6 Å². The number of carbonyl (C=O) groups excluding carboxylic acids is 3. The van der Waals surface area contributed by atoms with Crippen molar-refractivity contribution in [3.63, 3.8) is 0 Å². The minimum Gasteiger partial charge on any atom is -0.344 e. The quantitative estimate of drug-likeness (QED) is 0.541. The third-order valence-corrected chi connectivity index (χ3v) is 6.85. The van der Waals surface area contributed by atoms with Crippen molar-refractivity contribution in [3.8, 4) is 0 Å². The second kappa shape index (κ2) is 8.95. The summed E-state index contributed by atoms with van der Waals surface area (Å²) in [5.74, 6) is -0.795. The highest BCUT2D eigenvalue weighted by atomic mass is 35.5. The molecule has 7 heteroatoms. The lowest BCUT2D eigenvalue weighted by atomic mass is 9.76. The van der Waals surface area contributed by atoms with Gasteiger partial charge in [-0.05, 0) is 53.6 Å². The molecule has 34 heavy (non-hydrogen) atoms. The lowest BCUT2D eigenvalue weighted by Crippen LogP contribution is -2.47. The Hall–Kier alpha value is -3.64. The van der Waals surface area contributed by atoms with Gasteiger partial charge in [0.1, 0.15) is 12.1 Å². The molecule has 0 unspecified atom stereocenters. The number of rotatable bonds is 5. The van der Waals surface area contributed by atoms with Crippen LogP contribution in [-0.4, -0.2) is 29.3 Å². The summed E-state index contributed by atoms with van der Waals surface area (Å²) < 4.78 is 0. The zero-order valence-corrected chi connectivity index (χ0v) is 19.2. The lowest BCUT2D eigenvalue weighted by molar-refractivity contribution is -0.135. The van der Waals surface area contributed by atoms with Gasteiger partial charge in [-0.1, -0.05) is 78.3 Å². The predicted molar refractivity (Wildman–Crippen MR) is 129 cm³/mol. The molecule has 1 heterocycles. The van der Waals surface area contributed by atoms with Crippen LogP contribution < -0.4 is 10.6 Å². The maximum absolute atomic E-state index is 13.5. The summed E-state index contributed by atoms with van der Waals surface area (Å²) in [7, 11) is 0. The number of imide groups is 1. The monoisotopic (exact) mass is 473 g/mol. The molecule has 3 aromatic carbocycles. The van der Waals surface area contributed by atoms with E-state index in [1.54, 1.807) is 12.1 Å². The Balaban J connectivity index is 1.38. The maximum Gasteiger partial charge on any atom is 0.325 e. The molecule has 0 saturated carbocycles. The molecule has 3 aromatic rings. The maximum atomic E-state index is 13.5. The van der Waals surface area contributed by atoms with Crippen LogP contribution in [0.1, 0.15) is 41.1 Å². The molecule has 1 aliphatic carbocycles. The molecule has 0 aromatic heterocycles. The predicted octanol–water partition coefficient (Wildman–Crippen LogP) is 4.33. The van der Waals surface area contributed by atoms with Crippen LogP contribution in [0.3, 0.4) is 0 Å². The van der Waals surface area contributed by atoms with Crippen molar-refractivity contribution < 1.29 is 14.4 Å². The molecule has 0 bridgehead atoms. The van der Waals surface area contributed by atoms with Crippen molar-refractivity contribution in [2.45, 2.75) is 30.8 Å². The molecule has 1 fully saturated rings. The Labute approximate surface area is 202 Å². The van der Waals surface area contributed by atoms with Gasteiger partial charge in [0.2, 0.25) is 5.91 Å². The second-order valence-electron chi connectivity index (χ2n) is 8.70. The number of nitrogens with zero attached hydrogens (tertiary/aromatic N) is 1. The topological polar surface area (TPSA) is 78.5 Å². The van der Waals surface area contributed by atoms with Crippen molar-refractivity contribution in [2.75, 3.05) is 6.54 Å². The van der Waals surface area contributed by atoms with E-state index in [-0.39, 0.29) is 12.5 Å². The number of hydrogen-bond donors (Lipinski definition) is 2. The number of urea groups is 1. The van der Waals surface area contributed by atoms with E-state index in [0.29, 0.717) is 11.4 Å². The van der Waals surface area contributed by atoms with Gasteiger partial charge in [0.05, 0.1) is 6.04 Å². The lowest BCUT2D eigenvalue weighted by Gasteiger charge is -2.33. The molecule has 1 aliphatic heterocycles. The molecule has 2 atom stereocenters. The van der Waals surface area contributed by atoms with Crippen molar-refractivity contribution in [2.24, 2.45) is 0 Å². The average molecular weight is 474 g/mol. The van der Waals surface area contributed by atoms with Gasteiger partial charge in [-0.3, -0.25) is 14.5 Å². The fraction of sp³-hybridized carbons (Fsp3) is 0.222. The Bertz CT molecular complexity index is 1250. The number of nitrogens with one attached hydrogen (secondary N) is 2. The van der Waals surface area contributed by atoms with Crippen LogP contribution in [0.4, 0.5) is 4.79 Å². The number of hydrogen-bond acceptors (Lipinski definition) is 3. The highest BCUT2D eigenvalue weighted by Gasteiger charge is 2.54. The molecule has 6 nitrogen and oxygen atoms in total. The molecule has 5 rings (SSSR count). The van der Waals surface area contributed by atoms with Gasteiger partial charge in [0, 0.05) is 5.02 Å². The van der Waals surface area contributed by atoms with E-state index in [1.807, 2.05) is 66.7 Å². The van der Waals surface area contributed by atoms with E-state index >= 15 is 0 Å². The number of benzene rings is 3. The largest absolute Gasteiger partial charge is 0.344 e. The van der Waals surface area contributed by atoms with Gasteiger partial charge in [-0.15, -0.1) is 0 Å². The van der Waals surface area contributed by atoms with E-state index in [9.17, 15) is 14.4 Å². The highest BCUT2D eigenvalue weighted by molar-refractivity contribution is 6.30. The zero-order valence-electron chi connectivity index (χ0n) is 18.5. The van der Waals surface area contributed by atoms with Crippen molar-refractivity contribution in [3.05, 3.63) is 106 Å². The normalized spacial score (nSPS) is 20.1. The average Bonchev–Trinajstić information content (AvgIpc) is 3.08. The van der Waals surface area contributed by atoms with Crippen LogP contribution in [0.2, 0.25) is 5.02 Å². The summed E-state index contributed by atoms with van der Waals surface area (Å²) in [6.07, 6.45) is 2.17. The van der Waals surface area contributed by atoms with Crippen LogP contribution in [0.15, 0.2) is 78.9 Å². The summed E-state index contributed by atoms with van der Waals surface area (Å²) in [5.41, 5.74) is 2.51. The van der Waals surface area contributed by atoms with E-state index in [4.69, 9.17) is 11.6 Å². The van der Waals surface area contributed by atoms with Crippen LogP contribution in [0, 0.1) is 0 Å². The summed E-state index contributed by atoms with van der Waals surface area (Å²) in [5, 5.41) is 6.48. The molecule has 0 radical (unpaired) electrons. The van der Waals surface area contributed by atoms with Gasteiger partial charge in [0.15, 0.2) is 0 Å². The number of amides is 4. The van der Waals surface area contributed by atoms with Crippen molar-refractivity contribution in [1.82, 2.24) is 15.5 Å². The first-order chi connectivity index (χ1) is 16.5. The first-order valence-electron chi connectivity index (χ1n) is 11.3. The Morgan fingerprint density at radius 3 is 2.41 bits per heavy atom. The van der Waals surface area contributed by atoms with E-state index in [2.05, 4.69) is 10.6 Å². The third-order valence-electron chi connectivity index (χ3n) is 6.59. The Morgan fingerprint density at radius 1 is 0.971 bits per heavy atom. The highest BCUT2D eigenvalue weighted by Crippen LogP contribution is 2.39. The summed E-state index contributed by atoms with van der Waals surface area (Å²) >= 11 is 6.04. The smallest absolute Gasteiger partial charge is 0.325 e. The summed E-state index contributed by atoms with van der Waals surface area (Å²) in [4.78, 5) is 40.5. The Morgan fingerprint density at radius 2 is 1.65 bits per heavy atom.